The molecule has 3 aromatic rings. The molecule has 0 saturated carbocycles. The van der Waals surface area contributed by atoms with E-state index >= 15 is 0 Å². The van der Waals surface area contributed by atoms with E-state index in [-0.39, 0.29) is 5.69 Å². The molecule has 3 rings (SSSR count). The maximum atomic E-state index is 10.8. The average molecular weight is 309 g/mol. The number of hydrogen-bond donors (Lipinski definition) is 0. The van der Waals surface area contributed by atoms with Crippen LogP contribution >= 0.6 is 11.3 Å². The minimum Gasteiger partial charge on any atom is -0.265 e. The van der Waals surface area contributed by atoms with E-state index in [2.05, 4.69) is 9.97 Å². The minimum absolute atomic E-state index is 0.0793. The van der Waals surface area contributed by atoms with Crippen molar-refractivity contribution in [2.24, 2.45) is 0 Å². The van der Waals surface area contributed by atoms with Gasteiger partial charge in [0.15, 0.2) is 0 Å². The Morgan fingerprint density at radius 1 is 1.05 bits per heavy atom. The van der Waals surface area contributed by atoms with Gasteiger partial charge in [-0.25, -0.2) is 0 Å². The molecule has 0 bridgehead atoms. The largest absolute Gasteiger partial charge is 0.269 e. The second kappa shape index (κ2) is 6.28. The van der Waals surface area contributed by atoms with Gasteiger partial charge >= 0.3 is 0 Å². The smallest absolute Gasteiger partial charge is 0.265 e. The number of thiazole rings is 1. The third kappa shape index (κ3) is 3.07. The van der Waals surface area contributed by atoms with Crippen molar-refractivity contribution < 1.29 is 4.92 Å². The summed E-state index contributed by atoms with van der Waals surface area (Å²) in [6.45, 7) is 0. The highest BCUT2D eigenvalue weighted by atomic mass is 32.1. The standard InChI is InChI=1S/C16H11N3O2S/c20-19(21)14-3-1-12(2-4-14)16(9-15-10-18-11-22-15)13-5-7-17-8-6-13/h1-11H/b16-9-. The number of hydrogen-bond acceptors (Lipinski definition) is 5. The fourth-order valence-electron chi connectivity index (χ4n) is 2.07. The van der Waals surface area contributed by atoms with Gasteiger partial charge in [0.1, 0.15) is 0 Å². The number of benzene rings is 1. The molecule has 2 heterocycles. The molecule has 1 aromatic carbocycles. The number of nitrogens with zero attached hydrogens (tertiary/aromatic N) is 3. The highest BCUT2D eigenvalue weighted by molar-refractivity contribution is 7.10. The Kier molecular flexibility index (Phi) is 4.02. The molecule has 0 fully saturated rings. The van der Waals surface area contributed by atoms with Crippen molar-refractivity contribution in [2.75, 3.05) is 0 Å². The van der Waals surface area contributed by atoms with E-state index in [0.717, 1.165) is 21.6 Å². The van der Waals surface area contributed by atoms with E-state index in [1.807, 2.05) is 18.2 Å². The highest BCUT2D eigenvalue weighted by Crippen LogP contribution is 2.28. The monoisotopic (exact) mass is 309 g/mol. The number of rotatable bonds is 4. The first-order valence-electron chi connectivity index (χ1n) is 6.49. The molecule has 5 nitrogen and oxygen atoms in total. The van der Waals surface area contributed by atoms with Crippen molar-refractivity contribution in [2.45, 2.75) is 0 Å². The van der Waals surface area contributed by atoms with Gasteiger partial charge in [-0.3, -0.25) is 20.1 Å². The molecule has 0 aliphatic carbocycles. The van der Waals surface area contributed by atoms with Gasteiger partial charge in [-0.15, -0.1) is 11.3 Å². The van der Waals surface area contributed by atoms with Gasteiger partial charge in [0.2, 0.25) is 0 Å². The van der Waals surface area contributed by atoms with E-state index in [0.29, 0.717) is 0 Å². The van der Waals surface area contributed by atoms with Gasteiger partial charge in [-0.05, 0) is 47.0 Å². The van der Waals surface area contributed by atoms with Crippen molar-refractivity contribution in [3.8, 4) is 0 Å². The Morgan fingerprint density at radius 3 is 2.32 bits per heavy atom. The molecule has 0 saturated heterocycles. The van der Waals surface area contributed by atoms with Crippen LogP contribution in [0.1, 0.15) is 16.0 Å². The molecular weight excluding hydrogens is 298 g/mol. The summed E-state index contributed by atoms with van der Waals surface area (Å²) in [6, 6.07) is 10.4. The van der Waals surface area contributed by atoms with E-state index in [1.165, 1.54) is 23.5 Å². The molecule has 22 heavy (non-hydrogen) atoms. The fraction of sp³-hybridized carbons (Fsp3) is 0. The van der Waals surface area contributed by atoms with Gasteiger partial charge in [0.25, 0.3) is 5.69 Å². The van der Waals surface area contributed by atoms with E-state index in [1.54, 1.807) is 36.2 Å². The SMILES string of the molecule is O=[N+]([O-])c1ccc(/C(=C/c2cncs2)c2ccncc2)cc1. The normalized spacial score (nSPS) is 11.4. The van der Waals surface area contributed by atoms with Crippen LogP contribution in [0.3, 0.4) is 0 Å². The van der Waals surface area contributed by atoms with Crippen molar-refractivity contribution in [3.63, 3.8) is 0 Å². The molecule has 6 heteroatoms. The molecule has 0 N–H and O–H groups in total. The molecule has 108 valence electrons. The highest BCUT2D eigenvalue weighted by Gasteiger charge is 2.09. The van der Waals surface area contributed by atoms with Gasteiger partial charge in [0.05, 0.1) is 10.4 Å². The molecule has 0 amide bonds. The van der Waals surface area contributed by atoms with Crippen LogP contribution in [0.2, 0.25) is 0 Å². The van der Waals surface area contributed by atoms with Crippen LogP contribution in [0, 0.1) is 10.1 Å². The molecule has 0 spiro atoms. The molecule has 0 aliphatic rings. The maximum Gasteiger partial charge on any atom is 0.269 e. The predicted molar refractivity (Wildman–Crippen MR) is 86.4 cm³/mol. The summed E-state index contributed by atoms with van der Waals surface area (Å²) in [6.07, 6.45) is 7.26. The van der Waals surface area contributed by atoms with Crippen LogP contribution in [0.25, 0.3) is 11.6 Å². The van der Waals surface area contributed by atoms with Gasteiger partial charge < -0.3 is 0 Å². The summed E-state index contributed by atoms with van der Waals surface area (Å²) in [4.78, 5) is 19.5. The zero-order valence-corrected chi connectivity index (χ0v) is 12.2. The lowest BCUT2D eigenvalue weighted by Crippen LogP contribution is -1.91. The van der Waals surface area contributed by atoms with Gasteiger partial charge in [-0.1, -0.05) is 0 Å². The maximum absolute atomic E-state index is 10.8. The summed E-state index contributed by atoms with van der Waals surface area (Å²) in [5, 5.41) is 10.8. The number of nitro benzene ring substituents is 1. The molecule has 2 aromatic heterocycles. The summed E-state index contributed by atoms with van der Waals surface area (Å²) in [5.41, 5.74) is 4.73. The van der Waals surface area contributed by atoms with Gasteiger partial charge in [0, 0.05) is 35.6 Å². The zero-order valence-electron chi connectivity index (χ0n) is 11.4. The Balaban J connectivity index is 2.08. The Hall–Kier alpha value is -2.86. The molecular formula is C16H11N3O2S. The first-order valence-corrected chi connectivity index (χ1v) is 7.37. The summed E-state index contributed by atoms with van der Waals surface area (Å²) >= 11 is 1.54. The first kappa shape index (κ1) is 14.1. The summed E-state index contributed by atoms with van der Waals surface area (Å²) in [7, 11) is 0. The van der Waals surface area contributed by atoms with Crippen LogP contribution in [0.4, 0.5) is 5.69 Å². The first-order chi connectivity index (χ1) is 10.7. The number of aromatic nitrogens is 2. The number of pyridine rings is 1. The lowest BCUT2D eigenvalue weighted by Gasteiger charge is -2.08. The Morgan fingerprint density at radius 2 is 1.73 bits per heavy atom. The van der Waals surface area contributed by atoms with Crippen LogP contribution < -0.4 is 0 Å². The molecule has 0 radical (unpaired) electrons. The summed E-state index contributed by atoms with van der Waals surface area (Å²) in [5.74, 6) is 0. The van der Waals surface area contributed by atoms with Gasteiger partial charge in [-0.2, -0.15) is 0 Å². The van der Waals surface area contributed by atoms with Crippen molar-refractivity contribution >= 4 is 28.7 Å². The lowest BCUT2D eigenvalue weighted by atomic mass is 9.98. The van der Waals surface area contributed by atoms with Crippen LogP contribution in [-0.4, -0.2) is 14.9 Å². The van der Waals surface area contributed by atoms with Crippen molar-refractivity contribution in [1.82, 2.24) is 9.97 Å². The molecule has 0 aliphatic heterocycles. The molecule has 0 atom stereocenters. The minimum atomic E-state index is -0.400. The Bertz CT molecular complexity index is 797. The predicted octanol–water partition coefficient (Wildman–Crippen LogP) is 4.04. The quantitative estimate of drug-likeness (QED) is 0.539. The zero-order chi connectivity index (χ0) is 15.4. The summed E-state index contributed by atoms with van der Waals surface area (Å²) < 4.78 is 0. The van der Waals surface area contributed by atoms with Crippen molar-refractivity contribution in [1.29, 1.82) is 0 Å². The Labute approximate surface area is 130 Å². The van der Waals surface area contributed by atoms with E-state index < -0.39 is 4.92 Å². The van der Waals surface area contributed by atoms with E-state index in [4.69, 9.17) is 0 Å². The number of nitro groups is 1. The third-order valence-electron chi connectivity index (χ3n) is 3.12. The third-order valence-corrected chi connectivity index (χ3v) is 3.84. The topological polar surface area (TPSA) is 68.9 Å². The van der Waals surface area contributed by atoms with Crippen LogP contribution in [0.15, 0.2) is 60.5 Å². The van der Waals surface area contributed by atoms with Crippen LogP contribution in [-0.2, 0) is 0 Å². The van der Waals surface area contributed by atoms with Crippen molar-refractivity contribution in [3.05, 3.63) is 86.6 Å². The number of non-ortho nitro benzene ring substituents is 1. The second-order valence-electron chi connectivity index (χ2n) is 4.50. The lowest BCUT2D eigenvalue weighted by molar-refractivity contribution is -0.384. The van der Waals surface area contributed by atoms with Crippen LogP contribution in [0.5, 0.6) is 0 Å². The van der Waals surface area contributed by atoms with E-state index in [9.17, 15) is 10.1 Å². The fourth-order valence-corrected chi connectivity index (χ4v) is 2.62. The average Bonchev–Trinajstić information content (AvgIpc) is 3.07. The second-order valence-corrected chi connectivity index (χ2v) is 5.42. The molecule has 0 unspecified atom stereocenters.